The quantitative estimate of drug-likeness (QED) is 0.145. The minimum Gasteiger partial charge on any atom is -0.469 e. The van der Waals surface area contributed by atoms with E-state index in [-0.39, 0.29) is 24.8 Å². The van der Waals surface area contributed by atoms with Crippen molar-refractivity contribution in [3.05, 3.63) is 88.7 Å². The molecule has 46 heavy (non-hydrogen) atoms. The fraction of sp³-hybridized carbons (Fsp3) is 0.389. The Hall–Kier alpha value is -4.54. The molecule has 6 N–H and O–H groups in total. The molecule has 10 nitrogen and oxygen atoms in total. The van der Waals surface area contributed by atoms with Gasteiger partial charge in [0.05, 0.1) is 26.4 Å². The highest BCUT2D eigenvalue weighted by molar-refractivity contribution is 5.71. The molecule has 0 aliphatic carbocycles. The summed E-state index contributed by atoms with van der Waals surface area (Å²) in [6.07, 6.45) is 7.93. The maximum absolute atomic E-state index is 12.2. The van der Waals surface area contributed by atoms with E-state index >= 15 is 0 Å². The Kier molecular flexibility index (Phi) is 9.32. The number of ether oxygens (including phenoxy) is 2. The third-order valence-corrected chi connectivity index (χ3v) is 9.24. The summed E-state index contributed by atoms with van der Waals surface area (Å²) in [5, 5.41) is 25.0. The highest BCUT2D eigenvalue weighted by Gasteiger charge is 2.20. The lowest BCUT2D eigenvalue weighted by Crippen LogP contribution is -2.14. The van der Waals surface area contributed by atoms with Gasteiger partial charge >= 0.3 is 11.9 Å². The molecule has 0 saturated heterocycles. The molecule has 10 heteroatoms. The van der Waals surface area contributed by atoms with Crippen molar-refractivity contribution in [2.45, 2.75) is 79.4 Å². The standard InChI is InChI=1S/C36H44N4O6/c1-17-23(9-11-33(43)45-7)29-16-30-24(10-12-34(44)46-8)18(2)26(38-30)14-31-36(22(6)42)20(4)28(40-31)15-32-35(21(5)41)19(3)27(39-32)13-25(17)37-29/h13-16,21-22,37-42H,9-12H2,1-8H3/t21-,22+/m1/s1. The van der Waals surface area contributed by atoms with Gasteiger partial charge in [-0.05, 0) is 112 Å². The fourth-order valence-corrected chi connectivity index (χ4v) is 6.67. The molecule has 0 radical (unpaired) electrons. The molecule has 0 amide bonds. The summed E-state index contributed by atoms with van der Waals surface area (Å²) in [7, 11) is 2.77. The fourth-order valence-electron chi connectivity index (χ4n) is 6.67. The van der Waals surface area contributed by atoms with E-state index in [9.17, 15) is 19.8 Å². The third kappa shape index (κ3) is 6.15. The number of fused-ring (bicyclic) bond motifs is 8. The molecule has 0 unspecified atom stereocenters. The van der Waals surface area contributed by atoms with E-state index < -0.39 is 12.2 Å². The maximum atomic E-state index is 12.2. The number of carbonyl (C=O) groups excluding carboxylic acids is 2. The number of aliphatic hydroxyl groups excluding tert-OH is 2. The first-order chi connectivity index (χ1) is 21.8. The van der Waals surface area contributed by atoms with Crippen molar-refractivity contribution >= 4 is 36.2 Å². The number of carbonyl (C=O) groups is 2. The Morgan fingerprint density at radius 2 is 1.07 bits per heavy atom. The number of H-pyrrole nitrogens is 4. The number of nitrogens with one attached hydrogen (secondary N) is 4. The molecule has 2 atom stereocenters. The first kappa shape index (κ1) is 32.8. The number of aliphatic hydroxyl groups is 2. The molecule has 0 spiro atoms. The van der Waals surface area contributed by atoms with Crippen LogP contribution in [0.2, 0.25) is 0 Å². The molecular weight excluding hydrogens is 584 g/mol. The van der Waals surface area contributed by atoms with Crippen LogP contribution in [0.4, 0.5) is 0 Å². The van der Waals surface area contributed by atoms with Crippen LogP contribution in [0.15, 0.2) is 0 Å². The molecular formula is C36H44N4O6. The van der Waals surface area contributed by atoms with E-state index in [1.165, 1.54) is 14.2 Å². The van der Waals surface area contributed by atoms with Crippen molar-refractivity contribution in [3.63, 3.8) is 0 Å². The van der Waals surface area contributed by atoms with Gasteiger partial charge in [-0.2, -0.15) is 0 Å². The molecule has 1 aliphatic heterocycles. The van der Waals surface area contributed by atoms with Crippen LogP contribution < -0.4 is 21.4 Å². The molecule has 5 rings (SSSR count). The zero-order chi connectivity index (χ0) is 33.4. The third-order valence-electron chi connectivity index (χ3n) is 9.24. The van der Waals surface area contributed by atoms with Gasteiger partial charge in [0, 0.05) is 68.1 Å². The van der Waals surface area contributed by atoms with Gasteiger partial charge in [0.1, 0.15) is 0 Å². The van der Waals surface area contributed by atoms with Gasteiger partial charge in [-0.25, -0.2) is 0 Å². The second-order valence-electron chi connectivity index (χ2n) is 12.2. The maximum Gasteiger partial charge on any atom is 0.305 e. The summed E-state index contributed by atoms with van der Waals surface area (Å²) in [5.41, 5.74) is 10.6. The predicted molar refractivity (Wildman–Crippen MR) is 177 cm³/mol. The number of aromatic nitrogens is 4. The van der Waals surface area contributed by atoms with E-state index in [2.05, 4.69) is 19.9 Å². The average molecular weight is 629 g/mol. The molecule has 8 bridgehead atoms. The van der Waals surface area contributed by atoms with E-state index in [1.807, 2.05) is 52.0 Å². The van der Waals surface area contributed by atoms with Crippen LogP contribution in [0.1, 0.15) is 106 Å². The number of esters is 2. The first-order valence-corrected chi connectivity index (χ1v) is 15.6. The van der Waals surface area contributed by atoms with Crippen LogP contribution >= 0.6 is 0 Å². The van der Waals surface area contributed by atoms with Crippen LogP contribution in [0, 0.1) is 27.7 Å². The Bertz CT molecular complexity index is 2070. The average Bonchev–Trinajstić information content (AvgIpc) is 3.67. The lowest BCUT2D eigenvalue weighted by atomic mass is 10.0. The van der Waals surface area contributed by atoms with Crippen LogP contribution in [0.5, 0.6) is 0 Å². The highest BCUT2D eigenvalue weighted by atomic mass is 16.5. The summed E-state index contributed by atoms with van der Waals surface area (Å²) < 4.78 is 9.89. The summed E-state index contributed by atoms with van der Waals surface area (Å²) in [6, 6.07) is 0. The minimum atomic E-state index is -0.741. The van der Waals surface area contributed by atoms with Gasteiger partial charge in [-0.1, -0.05) is 0 Å². The largest absolute Gasteiger partial charge is 0.469 e. The summed E-state index contributed by atoms with van der Waals surface area (Å²) in [5.74, 6) is -0.589. The number of methoxy groups -OCH3 is 2. The monoisotopic (exact) mass is 628 g/mol. The van der Waals surface area contributed by atoms with E-state index in [4.69, 9.17) is 9.47 Å². The van der Waals surface area contributed by atoms with Crippen molar-refractivity contribution in [2.75, 3.05) is 14.2 Å². The normalized spacial score (nSPS) is 13.6. The lowest BCUT2D eigenvalue weighted by molar-refractivity contribution is -0.141. The van der Waals surface area contributed by atoms with Crippen molar-refractivity contribution in [1.29, 1.82) is 0 Å². The van der Waals surface area contributed by atoms with Crippen molar-refractivity contribution in [2.24, 2.45) is 0 Å². The second kappa shape index (κ2) is 13.1. The van der Waals surface area contributed by atoms with Crippen LogP contribution in [0.25, 0.3) is 24.3 Å². The zero-order valence-corrected chi connectivity index (χ0v) is 27.8. The molecule has 0 aromatic carbocycles. The van der Waals surface area contributed by atoms with Crippen LogP contribution in [-0.2, 0) is 31.9 Å². The van der Waals surface area contributed by atoms with E-state index in [0.717, 1.165) is 88.7 Å². The highest BCUT2D eigenvalue weighted by Crippen LogP contribution is 2.27. The topological polar surface area (TPSA) is 156 Å². The van der Waals surface area contributed by atoms with Gasteiger partial charge in [-0.3, -0.25) is 9.59 Å². The number of hydrogen-bond acceptors (Lipinski definition) is 6. The number of hydrogen-bond donors (Lipinski definition) is 6. The molecule has 1 aliphatic rings. The second-order valence-corrected chi connectivity index (χ2v) is 12.2. The summed E-state index contributed by atoms with van der Waals surface area (Å²) >= 11 is 0. The van der Waals surface area contributed by atoms with Crippen molar-refractivity contribution in [3.8, 4) is 0 Å². The van der Waals surface area contributed by atoms with Gasteiger partial charge in [-0.15, -0.1) is 0 Å². The van der Waals surface area contributed by atoms with Crippen LogP contribution in [-0.4, -0.2) is 56.3 Å². The van der Waals surface area contributed by atoms with Gasteiger partial charge in [0.2, 0.25) is 0 Å². The van der Waals surface area contributed by atoms with Gasteiger partial charge in [0.25, 0.3) is 0 Å². The molecule has 244 valence electrons. The van der Waals surface area contributed by atoms with Crippen LogP contribution in [0.3, 0.4) is 0 Å². The Morgan fingerprint density at radius 3 is 1.67 bits per heavy atom. The summed E-state index contributed by atoms with van der Waals surface area (Å²) in [6.45, 7) is 11.5. The Morgan fingerprint density at radius 1 is 0.587 bits per heavy atom. The Balaban J connectivity index is 1.90. The zero-order valence-electron chi connectivity index (χ0n) is 27.8. The minimum absolute atomic E-state index is 0.215. The van der Waals surface area contributed by atoms with Crippen molar-refractivity contribution < 1.29 is 29.3 Å². The summed E-state index contributed by atoms with van der Waals surface area (Å²) in [4.78, 5) is 38.6. The lowest BCUT2D eigenvalue weighted by Gasteiger charge is -2.05. The van der Waals surface area contributed by atoms with Gasteiger partial charge < -0.3 is 39.6 Å². The van der Waals surface area contributed by atoms with Crippen molar-refractivity contribution in [1.82, 2.24) is 19.9 Å². The molecule has 5 heterocycles. The van der Waals surface area contributed by atoms with E-state index in [0.29, 0.717) is 12.8 Å². The molecule has 4 aromatic heterocycles. The predicted octanol–water partition coefficient (Wildman–Crippen LogP) is 2.18. The smallest absolute Gasteiger partial charge is 0.305 e. The Labute approximate surface area is 267 Å². The molecule has 4 aromatic rings. The molecule has 0 fully saturated rings. The molecule has 0 saturated carbocycles. The first-order valence-electron chi connectivity index (χ1n) is 15.6. The van der Waals surface area contributed by atoms with Gasteiger partial charge in [0.15, 0.2) is 0 Å². The SMILES string of the molecule is COC(=O)CCc1c2[nH]c(c1C)C=c1[nH]c(c(C)c1[C@H](C)O)=Cc1[nH]c(c(C)c1[C@@H](C)O)C=c1[nH]c(c(CCC(=O)OC)c1C)=C2. The number of rotatable bonds is 8. The van der Waals surface area contributed by atoms with E-state index in [1.54, 1.807) is 13.8 Å². The number of aromatic amines is 4.